The summed E-state index contributed by atoms with van der Waals surface area (Å²) in [5.41, 5.74) is 0.404. The van der Waals surface area contributed by atoms with E-state index in [1.54, 1.807) is 25.4 Å². The lowest BCUT2D eigenvalue weighted by atomic mass is 10.1. The molecule has 1 N–H and O–H groups in total. The average molecular weight is 320 g/mol. The van der Waals surface area contributed by atoms with Gasteiger partial charge in [-0.05, 0) is 42.3 Å². The quantitative estimate of drug-likeness (QED) is 0.866. The molecule has 1 atom stereocenters. The molecule has 0 aliphatic carbocycles. The van der Waals surface area contributed by atoms with E-state index in [9.17, 15) is 18.0 Å². The number of hydrogen-bond acceptors (Lipinski definition) is 2. The summed E-state index contributed by atoms with van der Waals surface area (Å²) in [6, 6.07) is 8.13. The van der Waals surface area contributed by atoms with Gasteiger partial charge in [-0.2, -0.15) is 13.2 Å². The number of nitrogens with zero attached hydrogens (tertiary/aromatic N) is 1. The van der Waals surface area contributed by atoms with Crippen molar-refractivity contribution >= 4 is 12.0 Å². The second-order valence-corrected chi connectivity index (χ2v) is 4.97. The van der Waals surface area contributed by atoms with E-state index >= 15 is 0 Å². The number of carbonyl (C=O) groups excluding carboxylic acids is 1. The van der Waals surface area contributed by atoms with Crippen LogP contribution in [0.2, 0.25) is 0 Å². The van der Waals surface area contributed by atoms with Gasteiger partial charge < -0.3 is 5.32 Å². The summed E-state index contributed by atoms with van der Waals surface area (Å²) in [6.07, 6.45) is 1.43. The number of amides is 1. The minimum Gasteiger partial charge on any atom is -0.346 e. The first kappa shape index (κ1) is 16.7. The van der Waals surface area contributed by atoms with Gasteiger partial charge in [0.25, 0.3) is 0 Å². The van der Waals surface area contributed by atoms with Crippen LogP contribution in [-0.4, -0.2) is 10.9 Å². The molecule has 0 fully saturated rings. The number of benzene rings is 1. The van der Waals surface area contributed by atoms with Crippen LogP contribution < -0.4 is 5.32 Å². The first-order valence-corrected chi connectivity index (χ1v) is 6.92. The first-order chi connectivity index (χ1) is 10.9. The third-order valence-electron chi connectivity index (χ3n) is 3.18. The lowest BCUT2D eigenvalue weighted by Gasteiger charge is -2.12. The Kier molecular flexibility index (Phi) is 5.16. The standard InChI is InChI=1S/C17H15F3N2O/c1-12(14-5-3-9-21-11-14)22-16(23)8-7-13-4-2-6-15(10-13)17(18,19)20/h2-12H,1H3,(H,22,23)/b8-7+. The van der Waals surface area contributed by atoms with Crippen LogP contribution in [-0.2, 0) is 11.0 Å². The number of carbonyl (C=O) groups is 1. The number of pyridine rings is 1. The van der Waals surface area contributed by atoms with E-state index in [4.69, 9.17) is 0 Å². The number of nitrogens with one attached hydrogen (secondary N) is 1. The van der Waals surface area contributed by atoms with Crippen molar-refractivity contribution in [3.05, 3.63) is 71.6 Å². The van der Waals surface area contributed by atoms with Gasteiger partial charge in [0.05, 0.1) is 11.6 Å². The molecule has 0 aliphatic rings. The number of hydrogen-bond donors (Lipinski definition) is 1. The van der Waals surface area contributed by atoms with Crippen molar-refractivity contribution in [2.75, 3.05) is 0 Å². The molecule has 0 bridgehead atoms. The van der Waals surface area contributed by atoms with Crippen LogP contribution in [0.3, 0.4) is 0 Å². The fourth-order valence-corrected chi connectivity index (χ4v) is 1.97. The molecule has 1 aromatic heterocycles. The Bertz CT molecular complexity index is 696. The second kappa shape index (κ2) is 7.09. The Labute approximate surface area is 131 Å². The van der Waals surface area contributed by atoms with Crippen molar-refractivity contribution in [3.63, 3.8) is 0 Å². The lowest BCUT2D eigenvalue weighted by Crippen LogP contribution is -2.24. The minimum atomic E-state index is -4.40. The molecule has 0 aliphatic heterocycles. The summed E-state index contributed by atoms with van der Waals surface area (Å²) in [5.74, 6) is -0.390. The fourth-order valence-electron chi connectivity index (χ4n) is 1.97. The Balaban J connectivity index is 2.01. The summed E-state index contributed by atoms with van der Waals surface area (Å²) in [7, 11) is 0. The summed E-state index contributed by atoms with van der Waals surface area (Å²) in [4.78, 5) is 15.8. The Hall–Kier alpha value is -2.63. The maximum absolute atomic E-state index is 12.6. The third kappa shape index (κ3) is 4.95. The molecule has 6 heteroatoms. The summed E-state index contributed by atoms with van der Waals surface area (Å²) >= 11 is 0. The first-order valence-electron chi connectivity index (χ1n) is 6.92. The maximum Gasteiger partial charge on any atom is 0.416 e. The van der Waals surface area contributed by atoms with Crippen LogP contribution in [0.4, 0.5) is 13.2 Å². The third-order valence-corrected chi connectivity index (χ3v) is 3.18. The van der Waals surface area contributed by atoms with Crippen LogP contribution in [0.15, 0.2) is 54.9 Å². The molecule has 1 unspecified atom stereocenters. The molecule has 1 aromatic carbocycles. The van der Waals surface area contributed by atoms with Crippen LogP contribution in [0.25, 0.3) is 6.08 Å². The zero-order chi connectivity index (χ0) is 16.9. The zero-order valence-corrected chi connectivity index (χ0v) is 12.3. The van der Waals surface area contributed by atoms with Crippen molar-refractivity contribution in [1.82, 2.24) is 10.3 Å². The molecule has 2 aromatic rings. The zero-order valence-electron chi connectivity index (χ0n) is 12.3. The molecule has 1 amide bonds. The summed E-state index contributed by atoms with van der Waals surface area (Å²) in [5, 5.41) is 2.72. The Morgan fingerprint density at radius 3 is 2.70 bits per heavy atom. The molecule has 0 saturated carbocycles. The molecule has 0 saturated heterocycles. The smallest absolute Gasteiger partial charge is 0.346 e. The Morgan fingerprint density at radius 1 is 1.26 bits per heavy atom. The highest BCUT2D eigenvalue weighted by atomic mass is 19.4. The van der Waals surface area contributed by atoms with Crippen LogP contribution in [0.5, 0.6) is 0 Å². The van der Waals surface area contributed by atoms with Gasteiger partial charge in [0.2, 0.25) is 5.91 Å². The number of aromatic nitrogens is 1. The predicted octanol–water partition coefficient (Wildman–Crippen LogP) is 3.99. The maximum atomic E-state index is 12.6. The van der Waals surface area contributed by atoms with Crippen molar-refractivity contribution in [2.45, 2.75) is 19.1 Å². The van der Waals surface area contributed by atoms with Crippen molar-refractivity contribution in [1.29, 1.82) is 0 Å². The average Bonchev–Trinajstić information content (AvgIpc) is 2.53. The van der Waals surface area contributed by atoms with Crippen molar-refractivity contribution in [2.24, 2.45) is 0 Å². The van der Waals surface area contributed by atoms with E-state index in [2.05, 4.69) is 10.3 Å². The normalized spacial score (nSPS) is 13.0. The molecular weight excluding hydrogens is 305 g/mol. The van der Waals surface area contributed by atoms with Gasteiger partial charge in [-0.1, -0.05) is 18.2 Å². The van der Waals surface area contributed by atoms with E-state index in [-0.39, 0.29) is 6.04 Å². The predicted molar refractivity (Wildman–Crippen MR) is 81.3 cm³/mol. The van der Waals surface area contributed by atoms with Gasteiger partial charge in [0, 0.05) is 18.5 Å². The molecule has 120 valence electrons. The van der Waals surface area contributed by atoms with E-state index in [1.807, 2.05) is 6.07 Å². The molecule has 2 rings (SSSR count). The molecule has 0 radical (unpaired) electrons. The molecule has 1 heterocycles. The fraction of sp³-hybridized carbons (Fsp3) is 0.176. The van der Waals surface area contributed by atoms with Gasteiger partial charge in [0.15, 0.2) is 0 Å². The minimum absolute atomic E-state index is 0.248. The van der Waals surface area contributed by atoms with Crippen molar-refractivity contribution in [3.8, 4) is 0 Å². The molecular formula is C17H15F3N2O. The molecule has 3 nitrogen and oxygen atoms in total. The molecule has 0 spiro atoms. The van der Waals surface area contributed by atoms with Crippen LogP contribution >= 0.6 is 0 Å². The highest BCUT2D eigenvalue weighted by Gasteiger charge is 2.30. The van der Waals surface area contributed by atoms with E-state index in [1.165, 1.54) is 24.3 Å². The largest absolute Gasteiger partial charge is 0.416 e. The van der Waals surface area contributed by atoms with Gasteiger partial charge in [-0.15, -0.1) is 0 Å². The van der Waals surface area contributed by atoms with Crippen molar-refractivity contribution < 1.29 is 18.0 Å². The highest BCUT2D eigenvalue weighted by molar-refractivity contribution is 5.92. The van der Waals surface area contributed by atoms with Crippen LogP contribution in [0.1, 0.15) is 29.7 Å². The van der Waals surface area contributed by atoms with Crippen LogP contribution in [0, 0.1) is 0 Å². The highest BCUT2D eigenvalue weighted by Crippen LogP contribution is 2.29. The van der Waals surface area contributed by atoms with E-state index in [0.717, 1.165) is 17.7 Å². The SMILES string of the molecule is CC(NC(=O)/C=C/c1cccc(C(F)(F)F)c1)c1cccnc1. The van der Waals surface area contributed by atoms with Gasteiger partial charge in [0.1, 0.15) is 0 Å². The Morgan fingerprint density at radius 2 is 2.04 bits per heavy atom. The number of halogens is 3. The number of rotatable bonds is 4. The second-order valence-electron chi connectivity index (χ2n) is 4.97. The van der Waals surface area contributed by atoms with E-state index in [0.29, 0.717) is 5.56 Å². The monoisotopic (exact) mass is 320 g/mol. The van der Waals surface area contributed by atoms with Gasteiger partial charge in [-0.25, -0.2) is 0 Å². The number of alkyl halides is 3. The summed E-state index contributed by atoms with van der Waals surface area (Å²) in [6.45, 7) is 1.80. The van der Waals surface area contributed by atoms with E-state index < -0.39 is 17.6 Å². The summed E-state index contributed by atoms with van der Waals surface area (Å²) < 4.78 is 37.9. The topological polar surface area (TPSA) is 42.0 Å². The van der Waals surface area contributed by atoms with Gasteiger partial charge in [-0.3, -0.25) is 9.78 Å². The van der Waals surface area contributed by atoms with Gasteiger partial charge >= 0.3 is 6.18 Å². The lowest BCUT2D eigenvalue weighted by molar-refractivity contribution is -0.137. The molecule has 23 heavy (non-hydrogen) atoms.